The molecule has 0 bridgehead atoms. The van der Waals surface area contributed by atoms with Crippen molar-refractivity contribution in [3.05, 3.63) is 53.2 Å². The molecular formula is C27H30N4O3. The molecular weight excluding hydrogens is 428 g/mol. The van der Waals surface area contributed by atoms with Crippen LogP contribution in [0, 0.1) is 17.8 Å². The van der Waals surface area contributed by atoms with E-state index in [1.807, 2.05) is 24.4 Å². The number of fused-ring (bicyclic) bond motifs is 2. The van der Waals surface area contributed by atoms with Gasteiger partial charge >= 0.3 is 0 Å². The van der Waals surface area contributed by atoms with Crippen LogP contribution in [-0.4, -0.2) is 51.6 Å². The normalized spacial score (nSPS) is 28.9. The SMILES string of the molecule is CC1CC2CN(Cc3ccnc(-c4ccc5c(c4)CN([C@H]4CCC(=O)NC4=O)C5=O)c3)CC2C1. The van der Waals surface area contributed by atoms with Crippen molar-refractivity contribution in [1.82, 2.24) is 20.1 Å². The maximum atomic E-state index is 13.0. The third kappa shape index (κ3) is 3.82. The summed E-state index contributed by atoms with van der Waals surface area (Å²) in [6.45, 7) is 6.10. The third-order valence-corrected chi connectivity index (χ3v) is 8.11. The number of imide groups is 1. The summed E-state index contributed by atoms with van der Waals surface area (Å²) < 4.78 is 0. The van der Waals surface area contributed by atoms with Crippen LogP contribution in [0.25, 0.3) is 11.3 Å². The standard InChI is InChI=1S/C27H30N4O3/c1-16-8-19-13-30(14-20(19)9-16)12-17-6-7-28-23(10-17)18-2-3-22-21(11-18)15-31(27(22)34)24-4-5-25(32)29-26(24)33/h2-3,6-7,10-11,16,19-20,24H,4-5,8-9,12-15H2,1H3,(H,29,32,33)/t16?,19?,20?,24-/m0/s1. The van der Waals surface area contributed by atoms with Crippen molar-refractivity contribution in [2.24, 2.45) is 17.8 Å². The molecule has 34 heavy (non-hydrogen) atoms. The minimum absolute atomic E-state index is 0.147. The molecule has 1 aliphatic carbocycles. The van der Waals surface area contributed by atoms with Crippen molar-refractivity contribution in [2.45, 2.75) is 51.7 Å². The summed E-state index contributed by atoms with van der Waals surface area (Å²) in [5.41, 5.74) is 4.67. The molecule has 2 aromatic rings. The average molecular weight is 459 g/mol. The van der Waals surface area contributed by atoms with Crippen LogP contribution in [0.2, 0.25) is 0 Å². The fraction of sp³-hybridized carbons (Fsp3) is 0.481. The number of piperidine rings is 1. The zero-order chi connectivity index (χ0) is 23.4. The lowest BCUT2D eigenvalue weighted by Gasteiger charge is -2.29. The molecule has 2 saturated heterocycles. The number of rotatable bonds is 4. The Morgan fingerprint density at radius 3 is 2.62 bits per heavy atom. The highest BCUT2D eigenvalue weighted by molar-refractivity contribution is 6.05. The molecule has 176 valence electrons. The first-order valence-corrected chi connectivity index (χ1v) is 12.4. The van der Waals surface area contributed by atoms with Crippen LogP contribution in [-0.2, 0) is 22.7 Å². The molecule has 4 aliphatic rings. The van der Waals surface area contributed by atoms with Crippen molar-refractivity contribution in [3.63, 3.8) is 0 Å². The fourth-order valence-electron chi connectivity index (χ4n) is 6.55. The third-order valence-electron chi connectivity index (χ3n) is 8.11. The zero-order valence-corrected chi connectivity index (χ0v) is 19.5. The molecule has 1 aromatic carbocycles. The van der Waals surface area contributed by atoms with Crippen molar-refractivity contribution in [3.8, 4) is 11.3 Å². The average Bonchev–Trinajstić information content (AvgIpc) is 3.44. The molecule has 6 rings (SSSR count). The Kier molecular flexibility index (Phi) is 5.25. The molecule has 7 heteroatoms. The van der Waals surface area contributed by atoms with Gasteiger partial charge in [-0.1, -0.05) is 13.0 Å². The van der Waals surface area contributed by atoms with Gasteiger partial charge in [0.1, 0.15) is 6.04 Å². The van der Waals surface area contributed by atoms with E-state index in [4.69, 9.17) is 0 Å². The fourth-order valence-corrected chi connectivity index (χ4v) is 6.55. The summed E-state index contributed by atoms with van der Waals surface area (Å²) in [4.78, 5) is 45.5. The number of pyridine rings is 1. The van der Waals surface area contributed by atoms with Crippen LogP contribution in [0.3, 0.4) is 0 Å². The molecule has 1 N–H and O–H groups in total. The summed E-state index contributed by atoms with van der Waals surface area (Å²) in [7, 11) is 0. The van der Waals surface area contributed by atoms with E-state index in [1.165, 1.54) is 31.5 Å². The second-order valence-electron chi connectivity index (χ2n) is 10.6. The van der Waals surface area contributed by atoms with E-state index in [9.17, 15) is 14.4 Å². The van der Waals surface area contributed by atoms with Gasteiger partial charge in [0.05, 0.1) is 5.69 Å². The number of aromatic nitrogens is 1. The number of benzene rings is 1. The quantitative estimate of drug-likeness (QED) is 0.713. The van der Waals surface area contributed by atoms with E-state index < -0.39 is 6.04 Å². The van der Waals surface area contributed by atoms with Crippen LogP contribution < -0.4 is 5.32 Å². The molecule has 4 heterocycles. The van der Waals surface area contributed by atoms with Gasteiger partial charge in [-0.2, -0.15) is 0 Å². The number of amides is 3. The van der Waals surface area contributed by atoms with E-state index in [-0.39, 0.29) is 24.1 Å². The summed E-state index contributed by atoms with van der Waals surface area (Å²) in [6.07, 6.45) is 5.24. The lowest BCUT2D eigenvalue weighted by Crippen LogP contribution is -2.52. The van der Waals surface area contributed by atoms with Gasteiger partial charge in [0, 0.05) is 49.9 Å². The molecule has 7 nitrogen and oxygen atoms in total. The highest BCUT2D eigenvalue weighted by Crippen LogP contribution is 2.41. The molecule has 2 unspecified atom stereocenters. The highest BCUT2D eigenvalue weighted by Gasteiger charge is 2.40. The summed E-state index contributed by atoms with van der Waals surface area (Å²) in [5.74, 6) is 1.79. The molecule has 3 atom stereocenters. The number of carbonyl (C=O) groups excluding carboxylic acids is 3. The molecule has 0 radical (unpaired) electrons. The minimum atomic E-state index is -0.592. The Morgan fingerprint density at radius 1 is 1.06 bits per heavy atom. The Balaban J connectivity index is 1.17. The van der Waals surface area contributed by atoms with Crippen LogP contribution in [0.4, 0.5) is 0 Å². The number of hydrogen-bond acceptors (Lipinski definition) is 5. The number of carbonyl (C=O) groups is 3. The number of likely N-dealkylation sites (tertiary alicyclic amines) is 1. The second kappa shape index (κ2) is 8.31. The number of hydrogen-bond donors (Lipinski definition) is 1. The monoisotopic (exact) mass is 458 g/mol. The van der Waals surface area contributed by atoms with E-state index in [1.54, 1.807) is 4.90 Å². The predicted molar refractivity (Wildman–Crippen MR) is 126 cm³/mol. The van der Waals surface area contributed by atoms with Crippen LogP contribution >= 0.6 is 0 Å². The Hall–Kier alpha value is -3.06. The maximum absolute atomic E-state index is 13.0. The zero-order valence-electron chi connectivity index (χ0n) is 19.5. The second-order valence-corrected chi connectivity index (χ2v) is 10.6. The highest BCUT2D eigenvalue weighted by atomic mass is 16.2. The molecule has 1 aromatic heterocycles. The minimum Gasteiger partial charge on any atom is -0.322 e. The van der Waals surface area contributed by atoms with Gasteiger partial charge in [-0.05, 0) is 72.4 Å². The first-order valence-electron chi connectivity index (χ1n) is 12.4. The molecule has 0 spiro atoms. The van der Waals surface area contributed by atoms with Crippen molar-refractivity contribution < 1.29 is 14.4 Å². The lowest BCUT2D eigenvalue weighted by molar-refractivity contribution is -0.136. The lowest BCUT2D eigenvalue weighted by atomic mass is 10.0. The first-order chi connectivity index (χ1) is 16.4. The Morgan fingerprint density at radius 2 is 1.85 bits per heavy atom. The van der Waals surface area contributed by atoms with Crippen molar-refractivity contribution in [2.75, 3.05) is 13.1 Å². The van der Waals surface area contributed by atoms with Gasteiger partial charge in [0.15, 0.2) is 0 Å². The van der Waals surface area contributed by atoms with E-state index in [0.717, 1.165) is 41.1 Å². The van der Waals surface area contributed by atoms with Gasteiger partial charge in [0.25, 0.3) is 5.91 Å². The molecule has 3 amide bonds. The number of nitrogens with one attached hydrogen (secondary N) is 1. The summed E-state index contributed by atoms with van der Waals surface area (Å²) in [6, 6.07) is 9.47. The molecule has 3 fully saturated rings. The van der Waals surface area contributed by atoms with E-state index >= 15 is 0 Å². The van der Waals surface area contributed by atoms with Crippen molar-refractivity contribution >= 4 is 17.7 Å². The van der Waals surface area contributed by atoms with E-state index in [0.29, 0.717) is 18.5 Å². The van der Waals surface area contributed by atoms with Gasteiger partial charge < -0.3 is 4.90 Å². The van der Waals surface area contributed by atoms with Gasteiger partial charge in [-0.3, -0.25) is 29.6 Å². The Labute approximate surface area is 199 Å². The Bertz CT molecular complexity index is 1160. The molecule has 3 aliphatic heterocycles. The molecule has 1 saturated carbocycles. The largest absolute Gasteiger partial charge is 0.322 e. The van der Waals surface area contributed by atoms with Crippen molar-refractivity contribution in [1.29, 1.82) is 0 Å². The van der Waals surface area contributed by atoms with Gasteiger partial charge in [-0.25, -0.2) is 0 Å². The van der Waals surface area contributed by atoms with Crippen LogP contribution in [0.1, 0.15) is 54.1 Å². The smallest absolute Gasteiger partial charge is 0.255 e. The number of nitrogens with zero attached hydrogens (tertiary/aromatic N) is 3. The predicted octanol–water partition coefficient (Wildman–Crippen LogP) is 2.99. The first kappa shape index (κ1) is 21.5. The van der Waals surface area contributed by atoms with Gasteiger partial charge in [0.2, 0.25) is 11.8 Å². The topological polar surface area (TPSA) is 82.6 Å². The van der Waals surface area contributed by atoms with Crippen LogP contribution in [0.15, 0.2) is 36.5 Å². The summed E-state index contributed by atoms with van der Waals surface area (Å²) >= 11 is 0. The van der Waals surface area contributed by atoms with Gasteiger partial charge in [-0.15, -0.1) is 0 Å². The van der Waals surface area contributed by atoms with Crippen LogP contribution in [0.5, 0.6) is 0 Å². The van der Waals surface area contributed by atoms with E-state index in [2.05, 4.69) is 34.3 Å². The summed E-state index contributed by atoms with van der Waals surface area (Å²) in [5, 5.41) is 2.36. The maximum Gasteiger partial charge on any atom is 0.255 e.